The molecular weight excluding hydrogens is 243 g/mol. The molecule has 2 N–H and O–H groups in total. The second-order valence-corrected chi connectivity index (χ2v) is 3.22. The molecule has 1 heterocycles. The molecule has 8 heteroatoms. The van der Waals surface area contributed by atoms with E-state index in [1.807, 2.05) is 0 Å². The molecule has 7 nitrogen and oxygen atoms in total. The molecule has 0 radical (unpaired) electrons. The van der Waals surface area contributed by atoms with Gasteiger partial charge in [-0.2, -0.15) is 4.98 Å². The van der Waals surface area contributed by atoms with Gasteiger partial charge in [0, 0.05) is 24.4 Å². The highest BCUT2D eigenvalue weighted by Crippen LogP contribution is 2.30. The van der Waals surface area contributed by atoms with E-state index in [4.69, 9.17) is 10.5 Å². The number of halogens is 1. The highest BCUT2D eigenvalue weighted by molar-refractivity contribution is 5.47. The number of rotatable bonds is 3. The van der Waals surface area contributed by atoms with Crippen LogP contribution >= 0.6 is 0 Å². The summed E-state index contributed by atoms with van der Waals surface area (Å²) in [6.07, 6.45) is 1.32. The van der Waals surface area contributed by atoms with Crippen LogP contribution in [0.25, 0.3) is 0 Å². The minimum atomic E-state index is -0.681. The Balaban J connectivity index is 2.39. The molecule has 0 aliphatic rings. The standard InChI is InChI=1S/C10H7FN4O3/c11-6-1-2-7(15(16)17)8(5-6)18-9-3-4-13-10(12)14-9/h1-5H,(H2,12,13,14). The summed E-state index contributed by atoms with van der Waals surface area (Å²) in [6.45, 7) is 0. The maximum atomic E-state index is 13.0. The van der Waals surface area contributed by atoms with Crippen molar-refractivity contribution in [3.8, 4) is 11.6 Å². The third kappa shape index (κ3) is 2.48. The number of nitro groups is 1. The Labute approximate surface area is 100 Å². The van der Waals surface area contributed by atoms with E-state index in [9.17, 15) is 14.5 Å². The van der Waals surface area contributed by atoms with Crippen molar-refractivity contribution in [1.82, 2.24) is 9.97 Å². The average Bonchev–Trinajstić information content (AvgIpc) is 2.28. The van der Waals surface area contributed by atoms with Crippen LogP contribution < -0.4 is 10.5 Å². The molecule has 0 aliphatic carbocycles. The Bertz CT molecular complexity index is 605. The van der Waals surface area contributed by atoms with E-state index >= 15 is 0 Å². The summed E-state index contributed by atoms with van der Waals surface area (Å²) in [5.41, 5.74) is 4.96. The van der Waals surface area contributed by atoms with Crippen molar-refractivity contribution in [3.05, 3.63) is 46.4 Å². The quantitative estimate of drug-likeness (QED) is 0.658. The van der Waals surface area contributed by atoms with Crippen LogP contribution in [0.4, 0.5) is 16.0 Å². The largest absolute Gasteiger partial charge is 0.432 e. The summed E-state index contributed by atoms with van der Waals surface area (Å²) in [5.74, 6) is -0.960. The van der Waals surface area contributed by atoms with Gasteiger partial charge in [0.15, 0.2) is 0 Å². The average molecular weight is 250 g/mol. The smallest absolute Gasteiger partial charge is 0.311 e. The fourth-order valence-electron chi connectivity index (χ4n) is 1.25. The lowest BCUT2D eigenvalue weighted by molar-refractivity contribution is -0.385. The van der Waals surface area contributed by atoms with Gasteiger partial charge in [0.05, 0.1) is 4.92 Å². The van der Waals surface area contributed by atoms with Gasteiger partial charge in [-0.3, -0.25) is 10.1 Å². The molecule has 0 atom stereocenters. The lowest BCUT2D eigenvalue weighted by Crippen LogP contribution is -1.98. The minimum absolute atomic E-state index is 0.00352. The van der Waals surface area contributed by atoms with Gasteiger partial charge in [0.25, 0.3) is 0 Å². The monoisotopic (exact) mass is 250 g/mol. The second-order valence-electron chi connectivity index (χ2n) is 3.22. The van der Waals surface area contributed by atoms with Gasteiger partial charge < -0.3 is 10.5 Å². The number of hydrogen-bond acceptors (Lipinski definition) is 6. The molecule has 2 aromatic rings. The molecule has 0 spiro atoms. The molecule has 0 unspecified atom stereocenters. The molecule has 1 aromatic heterocycles. The Morgan fingerprint density at radius 1 is 1.39 bits per heavy atom. The first-order valence-corrected chi connectivity index (χ1v) is 4.76. The zero-order chi connectivity index (χ0) is 13.1. The predicted molar refractivity (Wildman–Crippen MR) is 59.6 cm³/mol. The van der Waals surface area contributed by atoms with Crippen LogP contribution in [0.1, 0.15) is 0 Å². The first-order valence-electron chi connectivity index (χ1n) is 4.76. The molecule has 18 heavy (non-hydrogen) atoms. The third-order valence-electron chi connectivity index (χ3n) is 1.98. The normalized spacial score (nSPS) is 10.1. The van der Waals surface area contributed by atoms with Crippen molar-refractivity contribution in [2.24, 2.45) is 0 Å². The zero-order valence-corrected chi connectivity index (χ0v) is 8.91. The van der Waals surface area contributed by atoms with Crippen LogP contribution in [0.3, 0.4) is 0 Å². The number of nitrogens with zero attached hydrogens (tertiary/aromatic N) is 3. The summed E-state index contributed by atoms with van der Waals surface area (Å²) in [4.78, 5) is 17.4. The first kappa shape index (κ1) is 11.7. The summed E-state index contributed by atoms with van der Waals surface area (Å²) in [7, 11) is 0. The van der Waals surface area contributed by atoms with Crippen molar-refractivity contribution in [2.45, 2.75) is 0 Å². The number of nitrogens with two attached hydrogens (primary N) is 1. The van der Waals surface area contributed by atoms with E-state index in [0.717, 1.165) is 18.2 Å². The van der Waals surface area contributed by atoms with Crippen molar-refractivity contribution >= 4 is 11.6 Å². The molecule has 0 amide bonds. The van der Waals surface area contributed by atoms with E-state index in [1.54, 1.807) is 0 Å². The highest BCUT2D eigenvalue weighted by atomic mass is 19.1. The number of nitro benzene ring substituents is 1. The maximum absolute atomic E-state index is 13.0. The fraction of sp³-hybridized carbons (Fsp3) is 0. The number of aromatic nitrogens is 2. The van der Waals surface area contributed by atoms with Crippen LogP contribution in [-0.4, -0.2) is 14.9 Å². The van der Waals surface area contributed by atoms with Gasteiger partial charge >= 0.3 is 5.69 Å². The number of benzene rings is 1. The van der Waals surface area contributed by atoms with E-state index in [1.165, 1.54) is 12.3 Å². The Morgan fingerprint density at radius 3 is 2.83 bits per heavy atom. The van der Waals surface area contributed by atoms with Crippen LogP contribution in [0.15, 0.2) is 30.5 Å². The fourth-order valence-corrected chi connectivity index (χ4v) is 1.25. The molecule has 92 valence electrons. The van der Waals surface area contributed by atoms with Crippen molar-refractivity contribution in [2.75, 3.05) is 5.73 Å². The van der Waals surface area contributed by atoms with Gasteiger partial charge in [-0.25, -0.2) is 9.37 Å². The van der Waals surface area contributed by atoms with E-state index in [0.29, 0.717) is 0 Å². The molecule has 0 fully saturated rings. The summed E-state index contributed by atoms with van der Waals surface area (Å²) in [5, 5.41) is 10.7. The predicted octanol–water partition coefficient (Wildman–Crippen LogP) is 1.90. The number of hydrogen-bond donors (Lipinski definition) is 1. The lowest BCUT2D eigenvalue weighted by atomic mass is 10.3. The first-order chi connectivity index (χ1) is 8.56. The molecule has 0 aliphatic heterocycles. The van der Waals surface area contributed by atoms with Crippen molar-refractivity contribution in [3.63, 3.8) is 0 Å². The topological polar surface area (TPSA) is 104 Å². The number of anilines is 1. The number of ether oxygens (including phenoxy) is 1. The van der Waals surface area contributed by atoms with E-state index in [-0.39, 0.29) is 23.3 Å². The van der Waals surface area contributed by atoms with Crippen molar-refractivity contribution in [1.29, 1.82) is 0 Å². The van der Waals surface area contributed by atoms with Gasteiger partial charge in [-0.1, -0.05) is 0 Å². The van der Waals surface area contributed by atoms with E-state index < -0.39 is 10.7 Å². The van der Waals surface area contributed by atoms with Crippen LogP contribution in [0.2, 0.25) is 0 Å². The van der Waals surface area contributed by atoms with Crippen molar-refractivity contribution < 1.29 is 14.1 Å². The Hall–Kier alpha value is -2.77. The third-order valence-corrected chi connectivity index (χ3v) is 1.98. The van der Waals surface area contributed by atoms with Gasteiger partial charge in [-0.05, 0) is 6.07 Å². The second kappa shape index (κ2) is 4.62. The molecule has 0 bridgehead atoms. The zero-order valence-electron chi connectivity index (χ0n) is 8.91. The van der Waals surface area contributed by atoms with Crippen LogP contribution in [0, 0.1) is 15.9 Å². The van der Waals surface area contributed by atoms with E-state index in [2.05, 4.69) is 9.97 Å². The Morgan fingerprint density at radius 2 is 2.17 bits per heavy atom. The van der Waals surface area contributed by atoms with Crippen LogP contribution in [0.5, 0.6) is 11.6 Å². The lowest BCUT2D eigenvalue weighted by Gasteiger charge is -2.05. The summed E-state index contributed by atoms with van der Waals surface area (Å²) < 4.78 is 18.2. The SMILES string of the molecule is Nc1nccc(Oc2cc(F)ccc2[N+](=O)[O-])n1. The molecular formula is C10H7FN4O3. The summed E-state index contributed by atoms with van der Waals surface area (Å²) >= 11 is 0. The molecule has 2 rings (SSSR count). The highest BCUT2D eigenvalue weighted by Gasteiger charge is 2.17. The van der Waals surface area contributed by atoms with Crippen LogP contribution in [-0.2, 0) is 0 Å². The number of nitrogen functional groups attached to an aromatic ring is 1. The van der Waals surface area contributed by atoms with Gasteiger partial charge in [0.1, 0.15) is 5.82 Å². The minimum Gasteiger partial charge on any atom is -0.432 e. The maximum Gasteiger partial charge on any atom is 0.311 e. The molecule has 0 saturated heterocycles. The molecule has 1 aromatic carbocycles. The molecule has 0 saturated carbocycles. The van der Waals surface area contributed by atoms with Gasteiger partial charge in [0.2, 0.25) is 17.6 Å². The summed E-state index contributed by atoms with van der Waals surface area (Å²) in [6, 6.07) is 4.23. The Kier molecular flexibility index (Phi) is 3.00. The van der Waals surface area contributed by atoms with Gasteiger partial charge in [-0.15, -0.1) is 0 Å².